The SMILES string of the molecule is COc1cccc(N(CC(=O)N(Cc2ccc(Cl)cc2Cl)C(Cc2ccccc2)C(=O)NC2CCCCC2)S(=O)(=O)c2ccccc2)c1. The van der Waals surface area contributed by atoms with E-state index in [-0.39, 0.29) is 35.5 Å². The largest absolute Gasteiger partial charge is 0.497 e. The second-order valence-electron chi connectivity index (χ2n) is 11.8. The van der Waals surface area contributed by atoms with Gasteiger partial charge in [-0.05, 0) is 60.4 Å². The third-order valence-electron chi connectivity index (χ3n) is 8.53. The predicted molar refractivity (Wildman–Crippen MR) is 190 cm³/mol. The molecule has 1 aliphatic carbocycles. The van der Waals surface area contributed by atoms with Gasteiger partial charge in [-0.3, -0.25) is 13.9 Å². The summed E-state index contributed by atoms with van der Waals surface area (Å²) in [6.45, 7) is -0.640. The van der Waals surface area contributed by atoms with Gasteiger partial charge in [0.25, 0.3) is 10.0 Å². The van der Waals surface area contributed by atoms with Crippen LogP contribution in [-0.4, -0.2) is 50.9 Å². The van der Waals surface area contributed by atoms with E-state index in [2.05, 4.69) is 5.32 Å². The lowest BCUT2D eigenvalue weighted by Gasteiger charge is -2.35. The van der Waals surface area contributed by atoms with Gasteiger partial charge in [0.15, 0.2) is 0 Å². The van der Waals surface area contributed by atoms with Crippen molar-refractivity contribution in [2.45, 2.75) is 62.0 Å². The van der Waals surface area contributed by atoms with Crippen molar-refractivity contribution in [3.8, 4) is 5.75 Å². The zero-order chi connectivity index (χ0) is 34.1. The average Bonchev–Trinajstić information content (AvgIpc) is 3.10. The predicted octanol–water partition coefficient (Wildman–Crippen LogP) is 7.29. The van der Waals surface area contributed by atoms with Crippen molar-refractivity contribution in [2.75, 3.05) is 18.0 Å². The number of halogens is 2. The van der Waals surface area contributed by atoms with E-state index in [1.54, 1.807) is 60.7 Å². The smallest absolute Gasteiger partial charge is 0.264 e. The van der Waals surface area contributed by atoms with Gasteiger partial charge >= 0.3 is 0 Å². The molecule has 0 bridgehead atoms. The Hall–Kier alpha value is -4.05. The first-order chi connectivity index (χ1) is 23.2. The van der Waals surface area contributed by atoms with E-state index in [1.807, 2.05) is 30.3 Å². The molecule has 0 saturated heterocycles. The van der Waals surface area contributed by atoms with Gasteiger partial charge in [-0.2, -0.15) is 0 Å². The van der Waals surface area contributed by atoms with Crippen molar-refractivity contribution < 1.29 is 22.7 Å². The van der Waals surface area contributed by atoms with E-state index in [1.165, 1.54) is 24.1 Å². The van der Waals surface area contributed by atoms with Crippen molar-refractivity contribution in [2.24, 2.45) is 0 Å². The second kappa shape index (κ2) is 16.4. The topological polar surface area (TPSA) is 96.0 Å². The normalized spacial score (nSPS) is 14.1. The highest BCUT2D eigenvalue weighted by molar-refractivity contribution is 7.92. The first-order valence-corrected chi connectivity index (χ1v) is 18.1. The van der Waals surface area contributed by atoms with Crippen LogP contribution in [0, 0.1) is 0 Å². The summed E-state index contributed by atoms with van der Waals surface area (Å²) in [5.41, 5.74) is 1.65. The number of hydrogen-bond donors (Lipinski definition) is 1. The van der Waals surface area contributed by atoms with Crippen molar-refractivity contribution in [3.05, 3.63) is 124 Å². The maximum atomic E-state index is 14.7. The molecular weight excluding hydrogens is 669 g/mol. The number of carbonyl (C=O) groups excluding carboxylic acids is 2. The highest BCUT2D eigenvalue weighted by Crippen LogP contribution is 2.29. The first-order valence-electron chi connectivity index (χ1n) is 16.0. The molecular formula is C37H39Cl2N3O5S. The third-order valence-corrected chi connectivity index (χ3v) is 10.9. The van der Waals surface area contributed by atoms with Crippen LogP contribution in [-0.2, 0) is 32.6 Å². The van der Waals surface area contributed by atoms with E-state index in [4.69, 9.17) is 27.9 Å². The number of benzene rings is 4. The monoisotopic (exact) mass is 707 g/mol. The summed E-state index contributed by atoms with van der Waals surface area (Å²) in [7, 11) is -2.75. The lowest BCUT2D eigenvalue weighted by molar-refractivity contribution is -0.140. The van der Waals surface area contributed by atoms with E-state index in [9.17, 15) is 18.0 Å². The van der Waals surface area contributed by atoms with Crippen molar-refractivity contribution in [1.29, 1.82) is 0 Å². The highest BCUT2D eigenvalue weighted by atomic mass is 35.5. The van der Waals surface area contributed by atoms with Crippen LogP contribution in [0.25, 0.3) is 0 Å². The molecule has 1 fully saturated rings. The number of rotatable bonds is 13. The van der Waals surface area contributed by atoms with Gasteiger partial charge in [-0.25, -0.2) is 8.42 Å². The molecule has 11 heteroatoms. The molecule has 0 spiro atoms. The van der Waals surface area contributed by atoms with Gasteiger partial charge in [0.05, 0.1) is 17.7 Å². The summed E-state index contributed by atoms with van der Waals surface area (Å²) in [5.74, 6) is -0.460. The van der Waals surface area contributed by atoms with Gasteiger partial charge in [-0.15, -0.1) is 0 Å². The molecule has 252 valence electrons. The van der Waals surface area contributed by atoms with Crippen LogP contribution in [0.2, 0.25) is 10.0 Å². The van der Waals surface area contributed by atoms with E-state index in [0.717, 1.165) is 42.0 Å². The standard InChI is InChI=1S/C37H39Cl2N3O5S/c1-47-32-17-11-16-31(24-32)42(48(45,46)33-18-9-4-10-19-33)26-36(43)41(25-28-20-21-29(38)23-34(28)39)35(22-27-12-5-2-6-13-27)37(44)40-30-14-7-3-8-15-30/h2,4-6,9-13,16-21,23-24,30,35H,3,7-8,14-15,22,25-26H2,1H3,(H,40,44). The van der Waals surface area contributed by atoms with E-state index < -0.39 is 28.5 Å². The lowest BCUT2D eigenvalue weighted by atomic mass is 9.94. The Morgan fingerprint density at radius 1 is 0.875 bits per heavy atom. The molecule has 5 rings (SSSR count). The molecule has 1 N–H and O–H groups in total. The third kappa shape index (κ3) is 8.89. The molecule has 1 aliphatic rings. The quantitative estimate of drug-likeness (QED) is 0.158. The molecule has 0 aliphatic heterocycles. The molecule has 48 heavy (non-hydrogen) atoms. The van der Waals surface area contributed by atoms with Gasteiger partial charge in [0, 0.05) is 35.1 Å². The van der Waals surface area contributed by atoms with Crippen LogP contribution in [0.3, 0.4) is 0 Å². The minimum Gasteiger partial charge on any atom is -0.497 e. The Balaban J connectivity index is 1.58. The Kier molecular flexibility index (Phi) is 12.0. The fourth-order valence-electron chi connectivity index (χ4n) is 5.95. The molecule has 0 heterocycles. The summed E-state index contributed by atoms with van der Waals surface area (Å²) in [6.07, 6.45) is 5.09. The maximum absolute atomic E-state index is 14.7. The number of carbonyl (C=O) groups is 2. The Labute approximate surface area is 292 Å². The zero-order valence-corrected chi connectivity index (χ0v) is 29.1. The number of amides is 2. The maximum Gasteiger partial charge on any atom is 0.264 e. The van der Waals surface area contributed by atoms with Crippen molar-refractivity contribution in [3.63, 3.8) is 0 Å². The molecule has 0 aromatic heterocycles. The highest BCUT2D eigenvalue weighted by Gasteiger charge is 2.35. The lowest BCUT2D eigenvalue weighted by Crippen LogP contribution is -2.55. The fraction of sp³-hybridized carbons (Fsp3) is 0.297. The molecule has 1 saturated carbocycles. The Morgan fingerprint density at radius 2 is 1.56 bits per heavy atom. The van der Waals surface area contributed by atoms with Gasteiger partial charge in [0.2, 0.25) is 11.8 Å². The summed E-state index contributed by atoms with van der Waals surface area (Å²) in [4.78, 5) is 30.4. The summed E-state index contributed by atoms with van der Waals surface area (Å²) < 4.78 is 34.8. The molecule has 8 nitrogen and oxygen atoms in total. The fourth-order valence-corrected chi connectivity index (χ4v) is 7.84. The van der Waals surface area contributed by atoms with Crippen molar-refractivity contribution in [1.82, 2.24) is 10.2 Å². The number of anilines is 1. The summed E-state index contributed by atoms with van der Waals surface area (Å²) in [5, 5.41) is 3.96. The summed E-state index contributed by atoms with van der Waals surface area (Å²) in [6, 6.07) is 27.9. The minimum absolute atomic E-state index is 0.00710. The van der Waals surface area contributed by atoms with Crippen LogP contribution in [0.1, 0.15) is 43.2 Å². The molecule has 2 amide bonds. The minimum atomic E-state index is -4.24. The number of nitrogens with zero attached hydrogens (tertiary/aromatic N) is 2. The van der Waals surface area contributed by atoms with Crippen molar-refractivity contribution >= 4 is 50.7 Å². The number of ether oxygens (including phenoxy) is 1. The van der Waals surface area contributed by atoms with E-state index >= 15 is 0 Å². The number of methoxy groups -OCH3 is 1. The van der Waals surface area contributed by atoms with Gasteiger partial charge in [-0.1, -0.05) is 103 Å². The van der Waals surface area contributed by atoms with Gasteiger partial charge in [0.1, 0.15) is 18.3 Å². The zero-order valence-electron chi connectivity index (χ0n) is 26.7. The number of hydrogen-bond acceptors (Lipinski definition) is 5. The number of nitrogens with one attached hydrogen (secondary N) is 1. The molecule has 1 unspecified atom stereocenters. The molecule has 1 atom stereocenters. The Morgan fingerprint density at radius 3 is 2.23 bits per heavy atom. The Bertz CT molecular complexity index is 1800. The van der Waals surface area contributed by atoms with Crippen LogP contribution in [0.4, 0.5) is 5.69 Å². The molecule has 4 aromatic carbocycles. The first kappa shape index (κ1) is 35.3. The van der Waals surface area contributed by atoms with Crippen LogP contribution in [0.15, 0.2) is 108 Å². The van der Waals surface area contributed by atoms with Gasteiger partial charge < -0.3 is 15.0 Å². The number of sulfonamides is 1. The molecule has 0 radical (unpaired) electrons. The molecule has 4 aromatic rings. The average molecular weight is 709 g/mol. The second-order valence-corrected chi connectivity index (χ2v) is 14.5. The van der Waals surface area contributed by atoms with Crippen LogP contribution < -0.4 is 14.4 Å². The van der Waals surface area contributed by atoms with Crippen LogP contribution in [0.5, 0.6) is 5.75 Å². The summed E-state index contributed by atoms with van der Waals surface area (Å²) >= 11 is 12.8. The van der Waals surface area contributed by atoms with Crippen LogP contribution >= 0.6 is 23.2 Å². The van der Waals surface area contributed by atoms with E-state index in [0.29, 0.717) is 21.4 Å².